The van der Waals surface area contributed by atoms with Gasteiger partial charge in [-0.2, -0.15) is 0 Å². The van der Waals surface area contributed by atoms with Crippen LogP contribution in [-0.2, 0) is 11.2 Å². The van der Waals surface area contributed by atoms with Gasteiger partial charge in [0.25, 0.3) is 0 Å². The summed E-state index contributed by atoms with van der Waals surface area (Å²) in [7, 11) is 0. The summed E-state index contributed by atoms with van der Waals surface area (Å²) in [5.41, 5.74) is 3.84. The molecular formula is C17H27ClN2O. The third kappa shape index (κ3) is 5.68. The van der Waals surface area contributed by atoms with E-state index in [-0.39, 0.29) is 18.3 Å². The molecule has 2 N–H and O–H groups in total. The molecule has 21 heavy (non-hydrogen) atoms. The monoisotopic (exact) mass is 310 g/mol. The Morgan fingerprint density at radius 3 is 2.81 bits per heavy atom. The van der Waals surface area contributed by atoms with Gasteiger partial charge in [-0.1, -0.05) is 23.8 Å². The fourth-order valence-electron chi connectivity index (χ4n) is 2.94. The number of aryl methyl sites for hydroxylation is 3. The molecule has 1 aromatic carbocycles. The zero-order valence-electron chi connectivity index (χ0n) is 13.2. The van der Waals surface area contributed by atoms with Crippen LogP contribution >= 0.6 is 12.4 Å². The molecule has 0 aromatic heterocycles. The summed E-state index contributed by atoms with van der Waals surface area (Å²) >= 11 is 0. The summed E-state index contributed by atoms with van der Waals surface area (Å²) in [6.45, 7) is 7.40. The Bertz CT molecular complexity index is 476. The van der Waals surface area contributed by atoms with Crippen LogP contribution in [0.1, 0.15) is 42.9 Å². The van der Waals surface area contributed by atoms with E-state index in [4.69, 9.17) is 0 Å². The van der Waals surface area contributed by atoms with Gasteiger partial charge in [-0.25, -0.2) is 0 Å². The SMILES string of the molecule is Cc1ccc(CCC(=O)NC2CCNC(C)C2)c(C)c1.Cl. The van der Waals surface area contributed by atoms with Crippen LogP contribution < -0.4 is 10.6 Å². The molecule has 0 bridgehead atoms. The number of rotatable bonds is 4. The van der Waals surface area contributed by atoms with Crippen molar-refractivity contribution in [3.63, 3.8) is 0 Å². The zero-order valence-corrected chi connectivity index (χ0v) is 14.1. The number of carbonyl (C=O) groups excluding carboxylic acids is 1. The molecule has 0 aliphatic carbocycles. The fourth-order valence-corrected chi connectivity index (χ4v) is 2.94. The molecule has 1 fully saturated rings. The normalized spacial score (nSPS) is 21.5. The van der Waals surface area contributed by atoms with Crippen LogP contribution in [0.15, 0.2) is 18.2 Å². The highest BCUT2D eigenvalue weighted by Crippen LogP contribution is 2.13. The van der Waals surface area contributed by atoms with Crippen molar-refractivity contribution < 1.29 is 4.79 Å². The Morgan fingerprint density at radius 2 is 2.14 bits per heavy atom. The predicted molar refractivity (Wildman–Crippen MR) is 90.1 cm³/mol. The van der Waals surface area contributed by atoms with Gasteiger partial charge in [0.1, 0.15) is 0 Å². The second kappa shape index (κ2) is 8.40. The van der Waals surface area contributed by atoms with Crippen LogP contribution in [0.5, 0.6) is 0 Å². The van der Waals surface area contributed by atoms with Gasteiger partial charge < -0.3 is 10.6 Å². The van der Waals surface area contributed by atoms with Crippen molar-refractivity contribution in [1.29, 1.82) is 0 Å². The number of piperidine rings is 1. The van der Waals surface area contributed by atoms with Crippen molar-refractivity contribution in [1.82, 2.24) is 10.6 Å². The van der Waals surface area contributed by atoms with E-state index in [1.54, 1.807) is 0 Å². The Balaban J connectivity index is 0.00000220. The molecule has 1 saturated heterocycles. The summed E-state index contributed by atoms with van der Waals surface area (Å²) < 4.78 is 0. The molecule has 1 amide bonds. The number of amides is 1. The highest BCUT2D eigenvalue weighted by Gasteiger charge is 2.19. The van der Waals surface area contributed by atoms with E-state index in [9.17, 15) is 4.79 Å². The molecule has 0 radical (unpaired) electrons. The van der Waals surface area contributed by atoms with Gasteiger partial charge in [-0.05, 0) is 57.7 Å². The van der Waals surface area contributed by atoms with Crippen LogP contribution in [0, 0.1) is 13.8 Å². The number of halogens is 1. The third-order valence-corrected chi connectivity index (χ3v) is 4.11. The van der Waals surface area contributed by atoms with Crippen molar-refractivity contribution in [3.05, 3.63) is 34.9 Å². The van der Waals surface area contributed by atoms with Gasteiger partial charge in [-0.3, -0.25) is 4.79 Å². The maximum absolute atomic E-state index is 12.0. The Labute approximate surface area is 134 Å². The van der Waals surface area contributed by atoms with Gasteiger partial charge in [0.2, 0.25) is 5.91 Å². The minimum absolute atomic E-state index is 0. The first-order valence-corrected chi connectivity index (χ1v) is 7.63. The van der Waals surface area contributed by atoms with E-state index in [0.29, 0.717) is 18.5 Å². The summed E-state index contributed by atoms with van der Waals surface area (Å²) in [5, 5.41) is 6.58. The summed E-state index contributed by atoms with van der Waals surface area (Å²) in [5.74, 6) is 0.184. The lowest BCUT2D eigenvalue weighted by Gasteiger charge is -2.28. The van der Waals surface area contributed by atoms with E-state index >= 15 is 0 Å². The Kier molecular flexibility index (Phi) is 7.20. The molecule has 1 aliphatic heterocycles. The minimum atomic E-state index is 0. The second-order valence-corrected chi connectivity index (χ2v) is 6.07. The maximum atomic E-state index is 12.0. The number of hydrogen-bond acceptors (Lipinski definition) is 2. The first-order chi connectivity index (χ1) is 9.54. The average molecular weight is 311 g/mol. The molecule has 1 aromatic rings. The smallest absolute Gasteiger partial charge is 0.220 e. The summed E-state index contributed by atoms with van der Waals surface area (Å²) in [6.07, 6.45) is 3.50. The van der Waals surface area contributed by atoms with Crippen LogP contribution in [0.25, 0.3) is 0 Å². The fraction of sp³-hybridized carbons (Fsp3) is 0.588. The molecule has 2 unspecified atom stereocenters. The van der Waals surface area contributed by atoms with Crippen molar-refractivity contribution in [3.8, 4) is 0 Å². The molecule has 4 heteroatoms. The zero-order chi connectivity index (χ0) is 14.5. The molecular weight excluding hydrogens is 284 g/mol. The second-order valence-electron chi connectivity index (χ2n) is 6.07. The third-order valence-electron chi connectivity index (χ3n) is 4.11. The van der Waals surface area contributed by atoms with Gasteiger partial charge >= 0.3 is 0 Å². The van der Waals surface area contributed by atoms with E-state index in [0.717, 1.165) is 25.8 Å². The van der Waals surface area contributed by atoms with E-state index in [2.05, 4.69) is 49.6 Å². The van der Waals surface area contributed by atoms with E-state index in [1.807, 2.05) is 0 Å². The molecule has 0 saturated carbocycles. The number of benzene rings is 1. The molecule has 1 heterocycles. The van der Waals surface area contributed by atoms with Crippen molar-refractivity contribution in [2.75, 3.05) is 6.54 Å². The van der Waals surface area contributed by atoms with Crippen molar-refractivity contribution in [2.45, 2.75) is 58.5 Å². The summed E-state index contributed by atoms with van der Waals surface area (Å²) in [4.78, 5) is 12.0. The predicted octanol–water partition coefficient (Wildman–Crippen LogP) is 2.91. The van der Waals surface area contributed by atoms with Gasteiger partial charge in [0.05, 0.1) is 0 Å². The topological polar surface area (TPSA) is 41.1 Å². The lowest BCUT2D eigenvalue weighted by atomic mass is 9.99. The first kappa shape index (κ1) is 18.0. The minimum Gasteiger partial charge on any atom is -0.353 e. The van der Waals surface area contributed by atoms with Crippen LogP contribution in [0.4, 0.5) is 0 Å². The molecule has 1 aliphatic rings. The van der Waals surface area contributed by atoms with Crippen molar-refractivity contribution >= 4 is 18.3 Å². The lowest BCUT2D eigenvalue weighted by Crippen LogP contribution is -2.46. The molecule has 118 valence electrons. The highest BCUT2D eigenvalue weighted by molar-refractivity contribution is 5.85. The standard InChI is InChI=1S/C17H26N2O.ClH/c1-12-4-5-15(13(2)10-12)6-7-17(20)19-16-8-9-18-14(3)11-16;/h4-5,10,14,16,18H,6-9,11H2,1-3H3,(H,19,20);1H. The van der Waals surface area contributed by atoms with E-state index in [1.165, 1.54) is 16.7 Å². The maximum Gasteiger partial charge on any atom is 0.220 e. The lowest BCUT2D eigenvalue weighted by molar-refractivity contribution is -0.122. The van der Waals surface area contributed by atoms with Crippen LogP contribution in [0.3, 0.4) is 0 Å². The number of nitrogens with one attached hydrogen (secondary N) is 2. The summed E-state index contributed by atoms with van der Waals surface area (Å²) in [6, 6.07) is 7.30. The van der Waals surface area contributed by atoms with E-state index < -0.39 is 0 Å². The first-order valence-electron chi connectivity index (χ1n) is 7.63. The number of hydrogen-bond donors (Lipinski definition) is 2. The largest absolute Gasteiger partial charge is 0.353 e. The van der Waals surface area contributed by atoms with Gasteiger partial charge in [-0.15, -0.1) is 12.4 Å². The molecule has 3 nitrogen and oxygen atoms in total. The van der Waals surface area contributed by atoms with Gasteiger partial charge in [0.15, 0.2) is 0 Å². The molecule has 2 atom stereocenters. The Hall–Kier alpha value is -1.06. The van der Waals surface area contributed by atoms with Crippen molar-refractivity contribution in [2.24, 2.45) is 0 Å². The van der Waals surface area contributed by atoms with Crippen LogP contribution in [0.2, 0.25) is 0 Å². The molecule has 2 rings (SSSR count). The highest BCUT2D eigenvalue weighted by atomic mass is 35.5. The average Bonchev–Trinajstić information content (AvgIpc) is 2.37. The Morgan fingerprint density at radius 1 is 1.38 bits per heavy atom. The van der Waals surface area contributed by atoms with Crippen LogP contribution in [-0.4, -0.2) is 24.5 Å². The number of carbonyl (C=O) groups is 1. The van der Waals surface area contributed by atoms with Gasteiger partial charge in [0, 0.05) is 18.5 Å². The molecule has 0 spiro atoms. The quantitative estimate of drug-likeness (QED) is 0.898.